The Morgan fingerprint density at radius 1 is 1.18 bits per heavy atom. The molecule has 2 rings (SSSR count). The van der Waals surface area contributed by atoms with Crippen LogP contribution in [0.3, 0.4) is 0 Å². The Labute approximate surface area is 104 Å². The van der Waals surface area contributed by atoms with Gasteiger partial charge in [-0.3, -0.25) is 4.90 Å². The molecule has 1 fully saturated rings. The van der Waals surface area contributed by atoms with Gasteiger partial charge in [0.15, 0.2) is 0 Å². The zero-order valence-corrected chi connectivity index (χ0v) is 10.8. The highest BCUT2D eigenvalue weighted by Crippen LogP contribution is 2.19. The smallest absolute Gasteiger partial charge is 0.0387 e. The summed E-state index contributed by atoms with van der Waals surface area (Å²) in [5.41, 5.74) is 7.92. The minimum atomic E-state index is 0.850. The van der Waals surface area contributed by atoms with E-state index in [4.69, 9.17) is 5.73 Å². The molecule has 2 N–H and O–H groups in total. The first kappa shape index (κ1) is 12.2. The van der Waals surface area contributed by atoms with Gasteiger partial charge in [-0.1, -0.05) is 19.9 Å². The second kappa shape index (κ2) is 5.41. The van der Waals surface area contributed by atoms with Crippen LogP contribution in [0.5, 0.6) is 0 Å². The Balaban J connectivity index is 1.91. The van der Waals surface area contributed by atoms with E-state index in [1.54, 1.807) is 0 Å². The van der Waals surface area contributed by atoms with Crippen LogP contribution in [0.15, 0.2) is 24.3 Å². The fourth-order valence-electron chi connectivity index (χ4n) is 2.33. The zero-order valence-electron chi connectivity index (χ0n) is 10.8. The lowest BCUT2D eigenvalue weighted by atomic mass is 10.2. The van der Waals surface area contributed by atoms with E-state index in [0.717, 1.165) is 38.4 Å². The third kappa shape index (κ3) is 3.37. The van der Waals surface area contributed by atoms with E-state index in [9.17, 15) is 0 Å². The van der Waals surface area contributed by atoms with Gasteiger partial charge in [0.25, 0.3) is 0 Å². The van der Waals surface area contributed by atoms with Gasteiger partial charge < -0.3 is 10.6 Å². The fraction of sp³-hybridized carbons (Fsp3) is 0.500. The average molecular weight is 232 g/mol. The van der Waals surface area contributed by atoms with Crippen molar-refractivity contribution in [2.75, 3.05) is 43.4 Å². The Hall–Kier alpha value is -1.22. The molecule has 1 radical (unpaired) electrons. The number of rotatable bonds is 3. The molecule has 0 saturated carbocycles. The third-order valence-corrected chi connectivity index (χ3v) is 3.15. The number of anilines is 2. The van der Waals surface area contributed by atoms with E-state index < -0.39 is 0 Å². The summed E-state index contributed by atoms with van der Waals surface area (Å²) < 4.78 is 0. The van der Waals surface area contributed by atoms with Crippen LogP contribution in [-0.4, -0.2) is 37.6 Å². The molecule has 0 aliphatic carbocycles. The van der Waals surface area contributed by atoms with Gasteiger partial charge in [-0.05, 0) is 24.1 Å². The summed E-state index contributed by atoms with van der Waals surface area (Å²) >= 11 is 0. The van der Waals surface area contributed by atoms with Crippen molar-refractivity contribution in [1.82, 2.24) is 4.90 Å². The number of nitrogens with zero attached hydrogens (tertiary/aromatic N) is 2. The summed E-state index contributed by atoms with van der Waals surface area (Å²) in [5.74, 6) is 1.49. The maximum Gasteiger partial charge on any atom is 0.0387 e. The van der Waals surface area contributed by atoms with Crippen LogP contribution in [0.4, 0.5) is 11.4 Å². The Kier molecular flexibility index (Phi) is 3.89. The van der Waals surface area contributed by atoms with Gasteiger partial charge in [0.05, 0.1) is 0 Å². The Morgan fingerprint density at radius 2 is 1.88 bits per heavy atom. The van der Waals surface area contributed by atoms with Gasteiger partial charge in [0.1, 0.15) is 0 Å². The molecular weight excluding hydrogens is 210 g/mol. The molecule has 17 heavy (non-hydrogen) atoms. The summed E-state index contributed by atoms with van der Waals surface area (Å²) in [6.07, 6.45) is 0. The van der Waals surface area contributed by atoms with E-state index in [-0.39, 0.29) is 0 Å². The first-order chi connectivity index (χ1) is 8.15. The molecule has 1 aromatic rings. The van der Waals surface area contributed by atoms with Gasteiger partial charge in [0.2, 0.25) is 0 Å². The summed E-state index contributed by atoms with van der Waals surface area (Å²) in [5, 5.41) is 0. The molecule has 1 heterocycles. The number of piperazine rings is 1. The lowest BCUT2D eigenvalue weighted by molar-refractivity contribution is 0.267. The van der Waals surface area contributed by atoms with E-state index in [1.165, 1.54) is 11.6 Å². The number of hydrogen-bond donors (Lipinski definition) is 1. The average Bonchev–Trinajstić information content (AvgIpc) is 2.29. The van der Waals surface area contributed by atoms with Crippen LogP contribution in [-0.2, 0) is 0 Å². The van der Waals surface area contributed by atoms with Crippen molar-refractivity contribution in [2.45, 2.75) is 13.8 Å². The predicted octanol–water partition coefficient (Wildman–Crippen LogP) is 2.01. The summed E-state index contributed by atoms with van der Waals surface area (Å²) in [7, 11) is 0. The highest BCUT2D eigenvalue weighted by Gasteiger charge is 2.17. The van der Waals surface area contributed by atoms with Gasteiger partial charge in [-0.15, -0.1) is 0 Å². The fourth-order valence-corrected chi connectivity index (χ4v) is 2.33. The predicted molar refractivity (Wildman–Crippen MR) is 74.1 cm³/mol. The molecular formula is C14H22N3. The number of nitrogens with two attached hydrogens (primary N) is 1. The quantitative estimate of drug-likeness (QED) is 0.809. The van der Waals surface area contributed by atoms with Crippen molar-refractivity contribution in [3.8, 4) is 0 Å². The van der Waals surface area contributed by atoms with Gasteiger partial charge in [-0.25, -0.2) is 0 Å². The highest BCUT2D eigenvalue weighted by molar-refractivity contribution is 5.56. The maximum absolute atomic E-state index is 5.82. The van der Waals surface area contributed by atoms with Crippen LogP contribution in [0.25, 0.3) is 0 Å². The first-order valence-electron chi connectivity index (χ1n) is 6.27. The molecule has 93 valence electrons. The molecule has 3 heteroatoms. The van der Waals surface area contributed by atoms with Crippen molar-refractivity contribution in [3.63, 3.8) is 0 Å². The summed E-state index contributed by atoms with van der Waals surface area (Å²) in [6, 6.07) is 8.17. The molecule has 1 aliphatic heterocycles. The first-order valence-corrected chi connectivity index (χ1v) is 6.27. The monoisotopic (exact) mass is 232 g/mol. The summed E-state index contributed by atoms with van der Waals surface area (Å²) in [6.45, 7) is 9.99. The molecule has 1 aromatic carbocycles. The molecule has 0 spiro atoms. The molecule has 1 saturated heterocycles. The second-order valence-corrected chi connectivity index (χ2v) is 5.07. The van der Waals surface area contributed by atoms with E-state index in [0.29, 0.717) is 0 Å². The van der Waals surface area contributed by atoms with Crippen molar-refractivity contribution in [3.05, 3.63) is 30.2 Å². The summed E-state index contributed by atoms with van der Waals surface area (Å²) in [4.78, 5) is 4.93. The lowest BCUT2D eigenvalue weighted by Gasteiger charge is -2.36. The molecule has 1 aliphatic rings. The van der Waals surface area contributed by atoms with Gasteiger partial charge in [0, 0.05) is 44.1 Å². The largest absolute Gasteiger partial charge is 0.399 e. The van der Waals surface area contributed by atoms with Crippen LogP contribution >= 0.6 is 0 Å². The van der Waals surface area contributed by atoms with Gasteiger partial charge >= 0.3 is 0 Å². The van der Waals surface area contributed by atoms with E-state index >= 15 is 0 Å². The number of benzene rings is 1. The van der Waals surface area contributed by atoms with Crippen molar-refractivity contribution in [1.29, 1.82) is 0 Å². The van der Waals surface area contributed by atoms with Crippen LogP contribution in [0, 0.1) is 5.92 Å². The molecule has 0 atom stereocenters. The minimum Gasteiger partial charge on any atom is -0.399 e. The van der Waals surface area contributed by atoms with Crippen molar-refractivity contribution in [2.24, 2.45) is 0 Å². The van der Waals surface area contributed by atoms with Crippen LogP contribution in [0.2, 0.25) is 0 Å². The Bertz CT molecular complexity index is 354. The Morgan fingerprint density at radius 3 is 2.47 bits per heavy atom. The number of nitrogen functional groups attached to an aromatic ring is 1. The van der Waals surface area contributed by atoms with Gasteiger partial charge in [-0.2, -0.15) is 0 Å². The lowest BCUT2D eigenvalue weighted by Crippen LogP contribution is -2.47. The van der Waals surface area contributed by atoms with Crippen molar-refractivity contribution >= 4 is 11.4 Å². The van der Waals surface area contributed by atoms with Crippen LogP contribution < -0.4 is 10.6 Å². The SMILES string of the molecule is C[C](C)CN1CCN(c2cccc(N)c2)CC1. The minimum absolute atomic E-state index is 0.850. The number of hydrogen-bond acceptors (Lipinski definition) is 3. The maximum atomic E-state index is 5.82. The van der Waals surface area contributed by atoms with E-state index in [1.807, 2.05) is 12.1 Å². The second-order valence-electron chi connectivity index (χ2n) is 5.07. The van der Waals surface area contributed by atoms with E-state index in [2.05, 4.69) is 35.8 Å². The molecule has 0 bridgehead atoms. The molecule has 0 unspecified atom stereocenters. The molecule has 0 aromatic heterocycles. The highest BCUT2D eigenvalue weighted by atomic mass is 15.3. The molecule has 3 nitrogen and oxygen atoms in total. The van der Waals surface area contributed by atoms with Crippen LogP contribution in [0.1, 0.15) is 13.8 Å². The van der Waals surface area contributed by atoms with Crippen molar-refractivity contribution < 1.29 is 0 Å². The normalized spacial score (nSPS) is 17.7. The topological polar surface area (TPSA) is 32.5 Å². The third-order valence-electron chi connectivity index (χ3n) is 3.15. The standard InChI is InChI=1S/C14H22N3/c1-12(2)11-16-6-8-17(9-7-16)14-5-3-4-13(15)10-14/h3-5,10H,6-9,11,15H2,1-2H3. The molecule has 0 amide bonds. The zero-order chi connectivity index (χ0) is 12.3.